The number of aryl methyl sites for hydroxylation is 1. The summed E-state index contributed by atoms with van der Waals surface area (Å²) in [7, 11) is 0. The highest BCUT2D eigenvalue weighted by atomic mass is 16.1. The van der Waals surface area contributed by atoms with Gasteiger partial charge in [0.2, 0.25) is 0 Å². The molecule has 20 heavy (non-hydrogen) atoms. The number of rotatable bonds is 2. The number of ketones is 1. The zero-order valence-electron chi connectivity index (χ0n) is 12.2. The van der Waals surface area contributed by atoms with Crippen molar-refractivity contribution in [2.45, 2.75) is 39.5 Å². The molecule has 2 nitrogen and oxygen atoms in total. The summed E-state index contributed by atoms with van der Waals surface area (Å²) in [4.78, 5) is 17.4. The summed E-state index contributed by atoms with van der Waals surface area (Å²) in [6.07, 6.45) is 4.52. The molecule has 0 radical (unpaired) electrons. The molecule has 1 aliphatic rings. The lowest BCUT2D eigenvalue weighted by Gasteiger charge is -2.26. The normalized spacial score (nSPS) is 22.9. The van der Waals surface area contributed by atoms with Gasteiger partial charge < -0.3 is 0 Å². The predicted molar refractivity (Wildman–Crippen MR) is 81.9 cm³/mol. The zero-order valence-corrected chi connectivity index (χ0v) is 12.2. The van der Waals surface area contributed by atoms with E-state index in [0.717, 1.165) is 35.0 Å². The summed E-state index contributed by atoms with van der Waals surface area (Å²) in [5.41, 5.74) is 2.72. The fourth-order valence-electron chi connectivity index (χ4n) is 3.40. The van der Waals surface area contributed by atoms with E-state index in [9.17, 15) is 4.79 Å². The number of aromatic nitrogens is 1. The molecular formula is C18H21NO. The first kappa shape index (κ1) is 13.3. The third-order valence-electron chi connectivity index (χ3n) is 4.42. The van der Waals surface area contributed by atoms with Crippen LogP contribution >= 0.6 is 0 Å². The quantitative estimate of drug-likeness (QED) is 0.747. The van der Waals surface area contributed by atoms with Gasteiger partial charge in [0.1, 0.15) is 0 Å². The van der Waals surface area contributed by atoms with Crippen LogP contribution in [0.1, 0.15) is 48.7 Å². The number of carbonyl (C=O) groups excluding carboxylic acids is 1. The van der Waals surface area contributed by atoms with E-state index in [1.54, 1.807) is 0 Å². The van der Waals surface area contributed by atoms with Crippen molar-refractivity contribution in [3.05, 3.63) is 41.6 Å². The maximum absolute atomic E-state index is 12.9. The molecule has 0 amide bonds. The molecule has 1 heterocycles. The second-order valence-electron chi connectivity index (χ2n) is 6.16. The first-order valence-corrected chi connectivity index (χ1v) is 7.56. The number of benzene rings is 1. The molecule has 0 N–H and O–H groups in total. The third kappa shape index (κ3) is 2.47. The fourth-order valence-corrected chi connectivity index (χ4v) is 3.40. The lowest BCUT2D eigenvalue weighted by molar-refractivity contribution is 0.0870. The van der Waals surface area contributed by atoms with Gasteiger partial charge >= 0.3 is 0 Å². The molecule has 2 heteroatoms. The Hall–Kier alpha value is -1.70. The average molecular weight is 267 g/mol. The highest BCUT2D eigenvalue weighted by Gasteiger charge is 2.27. The van der Waals surface area contributed by atoms with E-state index in [1.807, 2.05) is 37.3 Å². The van der Waals surface area contributed by atoms with Gasteiger partial charge in [0.25, 0.3) is 0 Å². The van der Waals surface area contributed by atoms with Crippen LogP contribution in [0.2, 0.25) is 0 Å². The molecule has 1 saturated carbocycles. The number of nitrogens with zero attached hydrogens (tertiary/aromatic N) is 1. The largest absolute Gasteiger partial charge is 0.294 e. The second kappa shape index (κ2) is 5.35. The van der Waals surface area contributed by atoms with Crippen molar-refractivity contribution in [1.29, 1.82) is 0 Å². The van der Waals surface area contributed by atoms with Crippen LogP contribution in [-0.4, -0.2) is 10.8 Å². The minimum Gasteiger partial charge on any atom is -0.294 e. The van der Waals surface area contributed by atoms with E-state index >= 15 is 0 Å². The summed E-state index contributed by atoms with van der Waals surface area (Å²) in [6.45, 7) is 4.22. The number of Topliss-reactive ketones (excluding diaryl/α,β-unsaturated/α-hetero) is 1. The standard InChI is InChI=1S/C18H21NO/c1-12-6-5-7-14(10-12)18(20)16-11-13(2)19-17-9-4-3-8-15(16)17/h3-4,8-9,11-12,14H,5-7,10H2,1-2H3. The van der Waals surface area contributed by atoms with Gasteiger partial charge in [0, 0.05) is 22.6 Å². The van der Waals surface area contributed by atoms with Crippen molar-refractivity contribution in [1.82, 2.24) is 4.98 Å². The molecule has 0 bridgehead atoms. The Labute approximate surface area is 120 Å². The van der Waals surface area contributed by atoms with Crippen molar-refractivity contribution >= 4 is 16.7 Å². The van der Waals surface area contributed by atoms with Crippen LogP contribution in [0.15, 0.2) is 30.3 Å². The minimum atomic E-state index is 0.198. The van der Waals surface area contributed by atoms with Gasteiger partial charge in [-0.2, -0.15) is 0 Å². The van der Waals surface area contributed by atoms with E-state index in [1.165, 1.54) is 12.8 Å². The first-order valence-electron chi connectivity index (χ1n) is 7.56. The van der Waals surface area contributed by atoms with Crippen molar-refractivity contribution in [3.63, 3.8) is 0 Å². The molecule has 1 fully saturated rings. The molecule has 0 spiro atoms. The van der Waals surface area contributed by atoms with E-state index in [2.05, 4.69) is 11.9 Å². The van der Waals surface area contributed by atoms with Gasteiger partial charge in [-0.05, 0) is 37.8 Å². The molecule has 3 rings (SSSR count). The Kier molecular flexibility index (Phi) is 3.56. The number of hydrogen-bond acceptors (Lipinski definition) is 2. The molecule has 2 atom stereocenters. The number of pyridine rings is 1. The van der Waals surface area contributed by atoms with Gasteiger partial charge in [-0.25, -0.2) is 0 Å². The number of para-hydroxylation sites is 1. The number of hydrogen-bond donors (Lipinski definition) is 0. The Bertz CT molecular complexity index is 647. The first-order chi connectivity index (χ1) is 9.65. The van der Waals surface area contributed by atoms with Gasteiger partial charge in [0.05, 0.1) is 5.52 Å². The molecule has 2 unspecified atom stereocenters. The molecule has 0 aliphatic heterocycles. The lowest BCUT2D eigenvalue weighted by atomic mass is 9.78. The SMILES string of the molecule is Cc1cc(C(=O)C2CCCC(C)C2)c2ccccc2n1. The zero-order chi connectivity index (χ0) is 14.1. The van der Waals surface area contributed by atoms with Crippen molar-refractivity contribution in [2.24, 2.45) is 11.8 Å². The Morgan fingerprint density at radius 1 is 1.25 bits per heavy atom. The smallest absolute Gasteiger partial charge is 0.166 e. The number of fused-ring (bicyclic) bond motifs is 1. The highest BCUT2D eigenvalue weighted by Crippen LogP contribution is 2.32. The summed E-state index contributed by atoms with van der Waals surface area (Å²) in [5.74, 6) is 1.19. The highest BCUT2D eigenvalue weighted by molar-refractivity contribution is 6.08. The topological polar surface area (TPSA) is 30.0 Å². The van der Waals surface area contributed by atoms with Crippen LogP contribution in [0.4, 0.5) is 0 Å². The Morgan fingerprint density at radius 2 is 2.05 bits per heavy atom. The van der Waals surface area contributed by atoms with Gasteiger partial charge in [-0.15, -0.1) is 0 Å². The molecule has 2 aromatic rings. The van der Waals surface area contributed by atoms with Crippen LogP contribution in [0, 0.1) is 18.8 Å². The fraction of sp³-hybridized carbons (Fsp3) is 0.444. The molecule has 0 saturated heterocycles. The van der Waals surface area contributed by atoms with Crippen molar-refractivity contribution in [3.8, 4) is 0 Å². The molecule has 1 aliphatic carbocycles. The van der Waals surface area contributed by atoms with Crippen LogP contribution in [0.25, 0.3) is 10.9 Å². The summed E-state index contributed by atoms with van der Waals surface area (Å²) in [5, 5.41) is 1.00. The second-order valence-corrected chi connectivity index (χ2v) is 6.16. The van der Waals surface area contributed by atoms with Crippen LogP contribution < -0.4 is 0 Å². The van der Waals surface area contributed by atoms with Crippen LogP contribution in [-0.2, 0) is 0 Å². The van der Waals surface area contributed by atoms with E-state index in [0.29, 0.717) is 11.7 Å². The maximum Gasteiger partial charge on any atom is 0.166 e. The monoisotopic (exact) mass is 267 g/mol. The summed E-state index contributed by atoms with van der Waals surface area (Å²) < 4.78 is 0. The van der Waals surface area contributed by atoms with Gasteiger partial charge in [-0.3, -0.25) is 9.78 Å². The van der Waals surface area contributed by atoms with E-state index < -0.39 is 0 Å². The summed E-state index contributed by atoms with van der Waals surface area (Å²) in [6, 6.07) is 9.93. The molecular weight excluding hydrogens is 246 g/mol. The lowest BCUT2D eigenvalue weighted by Crippen LogP contribution is -2.22. The van der Waals surface area contributed by atoms with Crippen molar-refractivity contribution < 1.29 is 4.79 Å². The van der Waals surface area contributed by atoms with Gasteiger partial charge in [-0.1, -0.05) is 38.0 Å². The molecule has 1 aromatic carbocycles. The van der Waals surface area contributed by atoms with Gasteiger partial charge in [0.15, 0.2) is 5.78 Å². The number of carbonyl (C=O) groups is 1. The van der Waals surface area contributed by atoms with Crippen LogP contribution in [0.5, 0.6) is 0 Å². The molecule has 1 aromatic heterocycles. The summed E-state index contributed by atoms with van der Waals surface area (Å²) >= 11 is 0. The van der Waals surface area contributed by atoms with E-state index in [4.69, 9.17) is 0 Å². The molecule has 104 valence electrons. The third-order valence-corrected chi connectivity index (χ3v) is 4.42. The Morgan fingerprint density at radius 3 is 2.85 bits per heavy atom. The van der Waals surface area contributed by atoms with E-state index in [-0.39, 0.29) is 5.92 Å². The van der Waals surface area contributed by atoms with Crippen molar-refractivity contribution in [2.75, 3.05) is 0 Å². The minimum absolute atomic E-state index is 0.198. The van der Waals surface area contributed by atoms with Crippen LogP contribution in [0.3, 0.4) is 0 Å². The predicted octanol–water partition coefficient (Wildman–Crippen LogP) is 4.55. The average Bonchev–Trinajstić information content (AvgIpc) is 2.45. The Balaban J connectivity index is 2.02. The maximum atomic E-state index is 12.9.